The van der Waals surface area contributed by atoms with Crippen molar-refractivity contribution in [1.29, 1.82) is 0 Å². The molecule has 0 aliphatic carbocycles. The van der Waals surface area contributed by atoms with Gasteiger partial charge in [-0.25, -0.2) is 0 Å². The summed E-state index contributed by atoms with van der Waals surface area (Å²) >= 11 is 0. The van der Waals surface area contributed by atoms with Crippen molar-refractivity contribution < 1.29 is 23.1 Å². The SMILES string of the molecule is O=C(NCCC(F)(F)F)c1ccc(C#CCCO)cc1. The van der Waals surface area contributed by atoms with Crippen LogP contribution in [0, 0.1) is 11.8 Å². The van der Waals surface area contributed by atoms with Crippen molar-refractivity contribution in [1.82, 2.24) is 5.32 Å². The molecule has 3 nitrogen and oxygen atoms in total. The summed E-state index contributed by atoms with van der Waals surface area (Å²) in [6, 6.07) is 6.18. The number of benzene rings is 1. The van der Waals surface area contributed by atoms with Gasteiger partial charge < -0.3 is 10.4 Å². The molecule has 0 aromatic heterocycles. The van der Waals surface area contributed by atoms with Gasteiger partial charge in [-0.3, -0.25) is 4.79 Å². The molecular formula is C14H14F3NO2. The Morgan fingerprint density at radius 3 is 2.45 bits per heavy atom. The minimum absolute atomic E-state index is 0.0211. The molecule has 0 unspecified atom stereocenters. The summed E-state index contributed by atoms with van der Waals surface area (Å²) in [7, 11) is 0. The highest BCUT2D eigenvalue weighted by atomic mass is 19.4. The Labute approximate surface area is 114 Å². The maximum Gasteiger partial charge on any atom is 0.390 e. The van der Waals surface area contributed by atoms with Crippen LogP contribution >= 0.6 is 0 Å². The zero-order valence-electron chi connectivity index (χ0n) is 10.6. The molecule has 1 aromatic carbocycles. The summed E-state index contributed by atoms with van der Waals surface area (Å²) in [5.74, 6) is 4.96. The molecule has 1 amide bonds. The Balaban J connectivity index is 2.52. The predicted octanol–water partition coefficient (Wildman–Crippen LogP) is 2.10. The monoisotopic (exact) mass is 285 g/mol. The number of alkyl halides is 3. The van der Waals surface area contributed by atoms with Crippen molar-refractivity contribution >= 4 is 5.91 Å². The van der Waals surface area contributed by atoms with Crippen LogP contribution in [0.3, 0.4) is 0 Å². The van der Waals surface area contributed by atoms with Gasteiger partial charge in [0.15, 0.2) is 0 Å². The minimum atomic E-state index is -4.28. The molecule has 1 rings (SSSR count). The smallest absolute Gasteiger partial charge is 0.390 e. The van der Waals surface area contributed by atoms with E-state index in [1.807, 2.05) is 0 Å². The van der Waals surface area contributed by atoms with E-state index in [0.717, 1.165) is 0 Å². The van der Waals surface area contributed by atoms with E-state index in [1.54, 1.807) is 12.1 Å². The summed E-state index contributed by atoms with van der Waals surface area (Å²) in [5.41, 5.74) is 0.949. The summed E-state index contributed by atoms with van der Waals surface area (Å²) in [6.07, 6.45) is -4.97. The Hall–Kier alpha value is -2.00. The van der Waals surface area contributed by atoms with E-state index in [9.17, 15) is 18.0 Å². The zero-order chi connectivity index (χ0) is 15.0. The van der Waals surface area contributed by atoms with Crippen molar-refractivity contribution in [3.05, 3.63) is 35.4 Å². The van der Waals surface area contributed by atoms with Gasteiger partial charge in [-0.05, 0) is 24.3 Å². The number of aliphatic hydroxyl groups excluding tert-OH is 1. The Bertz CT molecular complexity index is 498. The summed E-state index contributed by atoms with van der Waals surface area (Å²) in [4.78, 5) is 11.6. The van der Waals surface area contributed by atoms with E-state index in [4.69, 9.17) is 5.11 Å². The van der Waals surface area contributed by atoms with E-state index in [0.29, 0.717) is 12.0 Å². The van der Waals surface area contributed by atoms with Gasteiger partial charge in [0.2, 0.25) is 0 Å². The average Bonchev–Trinajstić information content (AvgIpc) is 2.38. The first-order valence-electron chi connectivity index (χ1n) is 5.97. The fourth-order valence-electron chi connectivity index (χ4n) is 1.35. The fraction of sp³-hybridized carbons (Fsp3) is 0.357. The van der Waals surface area contributed by atoms with Crippen LogP contribution in [0.5, 0.6) is 0 Å². The van der Waals surface area contributed by atoms with E-state index < -0.39 is 25.0 Å². The number of aliphatic hydroxyl groups is 1. The third-order valence-electron chi connectivity index (χ3n) is 2.31. The maximum absolute atomic E-state index is 11.9. The number of carbonyl (C=O) groups is 1. The number of rotatable bonds is 4. The number of amides is 1. The zero-order valence-corrected chi connectivity index (χ0v) is 10.6. The number of halogens is 3. The fourth-order valence-corrected chi connectivity index (χ4v) is 1.35. The third-order valence-corrected chi connectivity index (χ3v) is 2.31. The van der Waals surface area contributed by atoms with Crippen LogP contribution in [-0.2, 0) is 0 Å². The lowest BCUT2D eigenvalue weighted by atomic mass is 10.1. The quantitative estimate of drug-likeness (QED) is 0.832. The van der Waals surface area contributed by atoms with Crippen LogP contribution < -0.4 is 5.32 Å². The van der Waals surface area contributed by atoms with E-state index in [-0.39, 0.29) is 12.2 Å². The molecule has 0 spiro atoms. The molecule has 1 aromatic rings. The molecule has 108 valence electrons. The maximum atomic E-state index is 11.9. The lowest BCUT2D eigenvalue weighted by Gasteiger charge is -2.07. The van der Waals surface area contributed by atoms with E-state index >= 15 is 0 Å². The minimum Gasteiger partial charge on any atom is -0.395 e. The van der Waals surface area contributed by atoms with Crippen LogP contribution in [-0.4, -0.2) is 30.3 Å². The number of hydrogen-bond acceptors (Lipinski definition) is 2. The topological polar surface area (TPSA) is 49.3 Å². The molecule has 0 heterocycles. The van der Waals surface area contributed by atoms with Gasteiger partial charge in [0, 0.05) is 24.1 Å². The normalized spacial score (nSPS) is 10.6. The molecule has 6 heteroatoms. The first kappa shape index (κ1) is 16.1. The van der Waals surface area contributed by atoms with Gasteiger partial charge in [-0.1, -0.05) is 11.8 Å². The Morgan fingerprint density at radius 1 is 1.25 bits per heavy atom. The molecule has 20 heavy (non-hydrogen) atoms. The van der Waals surface area contributed by atoms with Crippen LogP contribution in [0.15, 0.2) is 24.3 Å². The standard InChI is InChI=1S/C14H14F3NO2/c15-14(16,17)8-9-18-13(20)12-6-4-11(5-7-12)3-1-2-10-19/h4-7,19H,2,8-10H2,(H,18,20). The lowest BCUT2D eigenvalue weighted by molar-refractivity contribution is -0.132. The number of hydrogen-bond donors (Lipinski definition) is 2. The predicted molar refractivity (Wildman–Crippen MR) is 68.0 cm³/mol. The van der Waals surface area contributed by atoms with Crippen LogP contribution in [0.4, 0.5) is 13.2 Å². The second-order valence-electron chi connectivity index (χ2n) is 3.97. The second kappa shape index (κ2) is 7.56. The first-order chi connectivity index (χ1) is 9.42. The van der Waals surface area contributed by atoms with Crippen molar-refractivity contribution in [2.45, 2.75) is 19.0 Å². The highest BCUT2D eigenvalue weighted by molar-refractivity contribution is 5.94. The second-order valence-corrected chi connectivity index (χ2v) is 3.97. The molecule has 0 saturated heterocycles. The summed E-state index contributed by atoms with van der Waals surface area (Å²) < 4.78 is 35.8. The molecule has 0 fully saturated rings. The van der Waals surface area contributed by atoms with Gasteiger partial charge >= 0.3 is 6.18 Å². The molecule has 2 N–H and O–H groups in total. The number of carbonyl (C=O) groups excluding carboxylic acids is 1. The Morgan fingerprint density at radius 2 is 1.90 bits per heavy atom. The van der Waals surface area contributed by atoms with Gasteiger partial charge in [0.1, 0.15) is 0 Å². The van der Waals surface area contributed by atoms with E-state index in [2.05, 4.69) is 17.2 Å². The summed E-state index contributed by atoms with van der Waals surface area (Å²) in [5, 5.41) is 10.8. The van der Waals surface area contributed by atoms with Crippen LogP contribution in [0.25, 0.3) is 0 Å². The van der Waals surface area contributed by atoms with Gasteiger partial charge in [0.25, 0.3) is 5.91 Å². The van der Waals surface area contributed by atoms with Gasteiger partial charge in [-0.2, -0.15) is 13.2 Å². The van der Waals surface area contributed by atoms with Crippen molar-refractivity contribution in [2.24, 2.45) is 0 Å². The molecule has 0 atom stereocenters. The van der Waals surface area contributed by atoms with Gasteiger partial charge in [-0.15, -0.1) is 0 Å². The van der Waals surface area contributed by atoms with Crippen molar-refractivity contribution in [3.8, 4) is 11.8 Å². The Kier molecular flexibility index (Phi) is 6.07. The van der Waals surface area contributed by atoms with Crippen molar-refractivity contribution in [2.75, 3.05) is 13.2 Å². The molecule has 0 saturated carbocycles. The molecule has 0 bridgehead atoms. The molecule has 0 aliphatic rings. The molecule has 0 radical (unpaired) electrons. The van der Waals surface area contributed by atoms with Crippen molar-refractivity contribution in [3.63, 3.8) is 0 Å². The largest absolute Gasteiger partial charge is 0.395 e. The van der Waals surface area contributed by atoms with Crippen LogP contribution in [0.1, 0.15) is 28.8 Å². The first-order valence-corrected chi connectivity index (χ1v) is 5.97. The number of nitrogens with one attached hydrogen (secondary N) is 1. The average molecular weight is 285 g/mol. The van der Waals surface area contributed by atoms with Crippen LogP contribution in [0.2, 0.25) is 0 Å². The van der Waals surface area contributed by atoms with Gasteiger partial charge in [0.05, 0.1) is 13.0 Å². The van der Waals surface area contributed by atoms with E-state index in [1.165, 1.54) is 12.1 Å². The molecular weight excluding hydrogens is 271 g/mol. The molecule has 0 aliphatic heterocycles. The third kappa shape index (κ3) is 6.25. The summed E-state index contributed by atoms with van der Waals surface area (Å²) in [6.45, 7) is -0.465. The lowest BCUT2D eigenvalue weighted by Crippen LogP contribution is -2.27. The highest BCUT2D eigenvalue weighted by Gasteiger charge is 2.26. The highest BCUT2D eigenvalue weighted by Crippen LogP contribution is 2.18.